The van der Waals surface area contributed by atoms with Crippen molar-refractivity contribution >= 4 is 41.0 Å². The van der Waals surface area contributed by atoms with Gasteiger partial charge >= 0.3 is 6.03 Å². The lowest BCUT2D eigenvalue weighted by Gasteiger charge is -2.05. The number of para-hydroxylation sites is 1. The average Bonchev–Trinajstić information content (AvgIpc) is 2.41. The molecule has 116 valence electrons. The van der Waals surface area contributed by atoms with Gasteiger partial charge in [-0.15, -0.1) is 12.4 Å². The lowest BCUT2D eigenvalue weighted by atomic mass is 10.2. The van der Waals surface area contributed by atoms with Crippen LogP contribution in [0.1, 0.15) is 6.42 Å². The summed E-state index contributed by atoms with van der Waals surface area (Å²) >= 11 is 0. The fourth-order valence-electron chi connectivity index (χ4n) is 1.83. The Kier molecular flexibility index (Phi) is 5.76. The minimum atomic E-state index is -1.03. The van der Waals surface area contributed by atoms with Gasteiger partial charge in [0.05, 0.1) is 30.2 Å². The number of imide groups is 1. The number of Topliss-reactive ketones (excluding diaryl/α,β-unsaturated/α-hetero) is 1. The number of hydrogen-bond acceptors (Lipinski definition) is 5. The van der Waals surface area contributed by atoms with Crippen molar-refractivity contribution in [3.05, 3.63) is 40.9 Å². The second-order valence-corrected chi connectivity index (χ2v) is 4.32. The summed E-state index contributed by atoms with van der Waals surface area (Å²) in [5.41, 5.74) is 4.92. The number of nitrogens with zero attached hydrogens (tertiary/aromatic N) is 2. The Morgan fingerprint density at radius 3 is 2.59 bits per heavy atom. The molecule has 1 aromatic carbocycles. The number of carbonyl (C=O) groups excluding carboxylic acids is 3. The van der Waals surface area contributed by atoms with Crippen molar-refractivity contribution in [2.75, 3.05) is 0 Å². The van der Waals surface area contributed by atoms with Gasteiger partial charge in [-0.05, 0) is 12.1 Å². The van der Waals surface area contributed by atoms with E-state index in [1.165, 1.54) is 6.33 Å². The van der Waals surface area contributed by atoms with E-state index in [-0.39, 0.29) is 24.5 Å². The van der Waals surface area contributed by atoms with Crippen molar-refractivity contribution in [3.8, 4) is 0 Å². The predicted molar refractivity (Wildman–Crippen MR) is 80.6 cm³/mol. The molecule has 3 N–H and O–H groups in total. The number of benzene rings is 1. The SMILES string of the molecule is Cl.NC(=O)NC(=O)CC(=O)Cn1cnc2ccccc2c1=O. The van der Waals surface area contributed by atoms with Crippen LogP contribution in [0.25, 0.3) is 10.9 Å². The van der Waals surface area contributed by atoms with Gasteiger partial charge in [0.1, 0.15) is 0 Å². The molecule has 0 unspecified atom stereocenters. The topological polar surface area (TPSA) is 124 Å². The van der Waals surface area contributed by atoms with Gasteiger partial charge in [0.2, 0.25) is 5.91 Å². The van der Waals surface area contributed by atoms with E-state index in [2.05, 4.69) is 4.98 Å². The number of nitrogens with two attached hydrogens (primary N) is 1. The zero-order valence-corrected chi connectivity index (χ0v) is 12.1. The van der Waals surface area contributed by atoms with Crippen molar-refractivity contribution in [3.63, 3.8) is 0 Å². The van der Waals surface area contributed by atoms with Crippen molar-refractivity contribution < 1.29 is 14.4 Å². The molecule has 0 atom stereocenters. The van der Waals surface area contributed by atoms with Crippen LogP contribution in [-0.2, 0) is 16.1 Å². The van der Waals surface area contributed by atoms with Gasteiger partial charge in [-0.1, -0.05) is 12.1 Å². The zero-order chi connectivity index (χ0) is 15.4. The quantitative estimate of drug-likeness (QED) is 0.764. The maximum atomic E-state index is 12.1. The van der Waals surface area contributed by atoms with E-state index in [1.54, 1.807) is 29.6 Å². The Labute approximate surface area is 130 Å². The van der Waals surface area contributed by atoms with Gasteiger partial charge in [0, 0.05) is 0 Å². The molecule has 0 aliphatic heterocycles. The largest absolute Gasteiger partial charge is 0.351 e. The third-order valence-electron chi connectivity index (χ3n) is 2.70. The minimum absolute atomic E-state index is 0. The van der Waals surface area contributed by atoms with Gasteiger partial charge < -0.3 is 5.73 Å². The molecule has 0 radical (unpaired) electrons. The first-order valence-corrected chi connectivity index (χ1v) is 6.02. The van der Waals surface area contributed by atoms with Crippen LogP contribution in [0.4, 0.5) is 4.79 Å². The van der Waals surface area contributed by atoms with Crippen molar-refractivity contribution in [2.24, 2.45) is 5.73 Å². The molecule has 2 rings (SSSR count). The highest BCUT2D eigenvalue weighted by molar-refractivity contribution is 6.03. The van der Waals surface area contributed by atoms with Crippen LogP contribution in [0.15, 0.2) is 35.4 Å². The van der Waals surface area contributed by atoms with E-state index in [0.717, 1.165) is 4.57 Å². The number of amides is 3. The number of rotatable bonds is 4. The first kappa shape index (κ1) is 17.3. The summed E-state index contributed by atoms with van der Waals surface area (Å²) in [6.07, 6.45) is 0.705. The summed E-state index contributed by atoms with van der Waals surface area (Å²) < 4.78 is 1.11. The van der Waals surface area contributed by atoms with E-state index in [1.807, 2.05) is 0 Å². The van der Waals surface area contributed by atoms with Crippen LogP contribution in [0.2, 0.25) is 0 Å². The summed E-state index contributed by atoms with van der Waals surface area (Å²) in [6, 6.07) is 5.70. The molecule has 0 aliphatic carbocycles. The number of primary amides is 1. The first-order chi connectivity index (χ1) is 9.97. The van der Waals surface area contributed by atoms with Crippen LogP contribution >= 0.6 is 12.4 Å². The lowest BCUT2D eigenvalue weighted by molar-refractivity contribution is -0.127. The second-order valence-electron chi connectivity index (χ2n) is 4.32. The van der Waals surface area contributed by atoms with Crippen molar-refractivity contribution in [1.82, 2.24) is 14.9 Å². The summed E-state index contributed by atoms with van der Waals surface area (Å²) in [5, 5.41) is 2.16. The van der Waals surface area contributed by atoms with Crippen LogP contribution < -0.4 is 16.6 Å². The maximum absolute atomic E-state index is 12.1. The predicted octanol–water partition coefficient (Wildman–Crippen LogP) is -0.0276. The van der Waals surface area contributed by atoms with E-state index >= 15 is 0 Å². The molecule has 1 heterocycles. The highest BCUT2D eigenvalue weighted by atomic mass is 35.5. The monoisotopic (exact) mass is 324 g/mol. The molecule has 0 spiro atoms. The number of carbonyl (C=O) groups is 3. The smallest absolute Gasteiger partial charge is 0.318 e. The third-order valence-corrected chi connectivity index (χ3v) is 2.70. The molecule has 8 nitrogen and oxygen atoms in total. The standard InChI is InChI=1S/C13H12N4O4.ClH/c14-13(21)16-11(19)5-8(18)6-17-7-15-10-4-2-1-3-9(10)12(17)20;/h1-4,7H,5-6H2,(H3,14,16,19,21);1H. The van der Waals surface area contributed by atoms with E-state index in [4.69, 9.17) is 5.73 Å². The maximum Gasteiger partial charge on any atom is 0.318 e. The molecule has 0 fully saturated rings. The van der Waals surface area contributed by atoms with Crippen LogP contribution in [0.3, 0.4) is 0 Å². The molecular formula is C13H13ClN4O4. The Bertz CT molecular complexity index is 787. The molecule has 2 aromatic rings. The molecule has 0 aliphatic rings. The van der Waals surface area contributed by atoms with Gasteiger partial charge in [0.25, 0.3) is 5.56 Å². The van der Waals surface area contributed by atoms with Gasteiger partial charge in [-0.25, -0.2) is 9.78 Å². The molecule has 0 saturated heterocycles. The van der Waals surface area contributed by atoms with Crippen LogP contribution in [-0.4, -0.2) is 27.3 Å². The Morgan fingerprint density at radius 1 is 1.23 bits per heavy atom. The highest BCUT2D eigenvalue weighted by Gasteiger charge is 2.13. The molecule has 9 heteroatoms. The number of aromatic nitrogens is 2. The molecule has 3 amide bonds. The van der Waals surface area contributed by atoms with Gasteiger partial charge in [-0.2, -0.15) is 0 Å². The van der Waals surface area contributed by atoms with Crippen LogP contribution in [0, 0.1) is 0 Å². The average molecular weight is 325 g/mol. The summed E-state index contributed by atoms with van der Waals surface area (Å²) in [5.74, 6) is -1.35. The lowest BCUT2D eigenvalue weighted by Crippen LogP contribution is -2.37. The zero-order valence-electron chi connectivity index (χ0n) is 11.3. The van der Waals surface area contributed by atoms with E-state index < -0.39 is 24.1 Å². The number of halogens is 1. The Balaban J connectivity index is 0.00000242. The minimum Gasteiger partial charge on any atom is -0.351 e. The van der Waals surface area contributed by atoms with Crippen molar-refractivity contribution in [2.45, 2.75) is 13.0 Å². The third kappa shape index (κ3) is 4.13. The summed E-state index contributed by atoms with van der Waals surface area (Å²) in [7, 11) is 0. The molecule has 0 saturated carbocycles. The molecule has 22 heavy (non-hydrogen) atoms. The summed E-state index contributed by atoms with van der Waals surface area (Å²) in [4.78, 5) is 49.6. The van der Waals surface area contributed by atoms with Crippen LogP contribution in [0.5, 0.6) is 0 Å². The Hall–Kier alpha value is -2.74. The molecular weight excluding hydrogens is 312 g/mol. The number of ketones is 1. The number of hydrogen-bond donors (Lipinski definition) is 2. The fourth-order valence-corrected chi connectivity index (χ4v) is 1.83. The number of urea groups is 1. The highest BCUT2D eigenvalue weighted by Crippen LogP contribution is 2.04. The number of fused-ring (bicyclic) bond motifs is 1. The van der Waals surface area contributed by atoms with Crippen molar-refractivity contribution in [1.29, 1.82) is 0 Å². The van der Waals surface area contributed by atoms with Gasteiger partial charge in [-0.3, -0.25) is 24.3 Å². The molecule has 1 aromatic heterocycles. The second kappa shape index (κ2) is 7.32. The Morgan fingerprint density at radius 2 is 1.91 bits per heavy atom. The molecule has 0 bridgehead atoms. The summed E-state index contributed by atoms with van der Waals surface area (Å²) in [6.45, 7) is -0.303. The number of nitrogens with one attached hydrogen (secondary N) is 1. The van der Waals surface area contributed by atoms with E-state index in [0.29, 0.717) is 10.9 Å². The first-order valence-electron chi connectivity index (χ1n) is 6.02. The fraction of sp³-hybridized carbons (Fsp3) is 0.154. The van der Waals surface area contributed by atoms with Gasteiger partial charge in [0.15, 0.2) is 5.78 Å². The normalized spacial score (nSPS) is 9.82. The van der Waals surface area contributed by atoms with E-state index in [9.17, 15) is 19.2 Å².